The number of anilines is 1. The third-order valence-electron chi connectivity index (χ3n) is 4.00. The van der Waals surface area contributed by atoms with Crippen molar-refractivity contribution in [2.24, 2.45) is 0 Å². The molecule has 2 N–H and O–H groups in total. The number of ether oxygens (including phenoxy) is 1. The maximum atomic E-state index is 12.6. The number of unbranched alkanes of at least 4 members (excludes halogenated alkanes) is 1. The lowest BCUT2D eigenvalue weighted by molar-refractivity contribution is 0.0527. The minimum atomic E-state index is -0.499. The van der Waals surface area contributed by atoms with Crippen molar-refractivity contribution in [3.63, 3.8) is 0 Å². The minimum absolute atomic E-state index is 0.101. The van der Waals surface area contributed by atoms with Crippen LogP contribution in [-0.4, -0.2) is 55.2 Å². The zero-order valence-corrected chi connectivity index (χ0v) is 16.0. The molecule has 1 aliphatic heterocycles. The quantitative estimate of drug-likeness (QED) is 0.572. The summed E-state index contributed by atoms with van der Waals surface area (Å²) in [7, 11) is 0. The number of alkyl carbamates (subject to hydrolysis) is 1. The molecule has 1 aliphatic rings. The first-order valence-corrected chi connectivity index (χ1v) is 9.27. The third-order valence-corrected chi connectivity index (χ3v) is 4.00. The zero-order valence-electron chi connectivity index (χ0n) is 16.0. The summed E-state index contributed by atoms with van der Waals surface area (Å²) in [6, 6.07) is 3.66. The molecule has 2 rings (SSSR count). The molecule has 1 amide bonds. The molecule has 0 aromatic carbocycles. The van der Waals surface area contributed by atoms with E-state index in [1.54, 1.807) is 6.20 Å². The number of pyridine rings is 1. The highest BCUT2D eigenvalue weighted by Crippen LogP contribution is 2.20. The number of amides is 1. The number of carbonyl (C=O) groups is 2. The number of hydrogen-bond acceptors (Lipinski definition) is 6. The largest absolute Gasteiger partial charge is 0.444 e. The molecular weight excluding hydrogens is 332 g/mol. The number of nitrogens with zero attached hydrogens (tertiary/aromatic N) is 2. The normalized spacial score (nSPS) is 14.8. The van der Waals surface area contributed by atoms with Gasteiger partial charge in [-0.15, -0.1) is 0 Å². The van der Waals surface area contributed by atoms with Crippen LogP contribution in [0.2, 0.25) is 0 Å². The molecule has 144 valence electrons. The summed E-state index contributed by atoms with van der Waals surface area (Å²) in [6.07, 6.45) is 3.20. The van der Waals surface area contributed by atoms with Crippen molar-refractivity contribution < 1.29 is 14.3 Å². The van der Waals surface area contributed by atoms with Gasteiger partial charge >= 0.3 is 6.09 Å². The van der Waals surface area contributed by atoms with Crippen molar-refractivity contribution in [2.45, 2.75) is 45.6 Å². The molecule has 0 spiro atoms. The summed E-state index contributed by atoms with van der Waals surface area (Å²) >= 11 is 0. The molecule has 0 atom stereocenters. The standard InChI is InChI=1S/C19H30N4O3/c1-19(2,3)26-18(25)22-9-5-4-8-16(24)15-7-6-10-21-17(15)23-13-11-20-12-14-23/h6-7,10,20H,4-5,8-9,11-14H2,1-3H3,(H,22,25). The van der Waals surface area contributed by atoms with Crippen LogP contribution in [0.15, 0.2) is 18.3 Å². The Morgan fingerprint density at radius 2 is 2.00 bits per heavy atom. The number of aromatic nitrogens is 1. The summed E-state index contributed by atoms with van der Waals surface area (Å²) in [5, 5.41) is 6.02. The van der Waals surface area contributed by atoms with Crippen molar-refractivity contribution in [2.75, 3.05) is 37.6 Å². The third kappa shape index (κ3) is 6.63. The summed E-state index contributed by atoms with van der Waals surface area (Å²) < 4.78 is 5.18. The Balaban J connectivity index is 1.77. The second-order valence-electron chi connectivity index (χ2n) is 7.42. The van der Waals surface area contributed by atoms with Crippen molar-refractivity contribution in [1.29, 1.82) is 0 Å². The van der Waals surface area contributed by atoms with E-state index in [1.807, 2.05) is 32.9 Å². The molecule has 0 aliphatic carbocycles. The predicted octanol–water partition coefficient (Wildman–Crippen LogP) is 2.37. The van der Waals surface area contributed by atoms with Gasteiger partial charge in [-0.05, 0) is 45.7 Å². The number of nitrogens with one attached hydrogen (secondary N) is 2. The lowest BCUT2D eigenvalue weighted by atomic mass is 10.1. The number of hydrogen-bond donors (Lipinski definition) is 2. The molecule has 1 aromatic heterocycles. The molecule has 0 unspecified atom stereocenters. The van der Waals surface area contributed by atoms with Crippen LogP contribution in [0.5, 0.6) is 0 Å². The molecule has 0 radical (unpaired) electrons. The van der Waals surface area contributed by atoms with Crippen LogP contribution in [-0.2, 0) is 4.74 Å². The fourth-order valence-corrected chi connectivity index (χ4v) is 2.79. The first-order valence-electron chi connectivity index (χ1n) is 9.27. The number of piperazine rings is 1. The van der Waals surface area contributed by atoms with E-state index >= 15 is 0 Å². The highest BCUT2D eigenvalue weighted by Gasteiger charge is 2.19. The van der Waals surface area contributed by atoms with Crippen LogP contribution < -0.4 is 15.5 Å². The van der Waals surface area contributed by atoms with E-state index in [0.29, 0.717) is 24.9 Å². The van der Waals surface area contributed by atoms with E-state index in [1.165, 1.54) is 0 Å². The summed E-state index contributed by atoms with van der Waals surface area (Å²) in [5.41, 5.74) is 0.190. The van der Waals surface area contributed by atoms with Gasteiger partial charge in [-0.3, -0.25) is 4.79 Å². The van der Waals surface area contributed by atoms with Crippen LogP contribution in [0.3, 0.4) is 0 Å². The van der Waals surface area contributed by atoms with Gasteiger partial charge in [0.1, 0.15) is 11.4 Å². The number of Topliss-reactive ketones (excluding diaryl/α,β-unsaturated/α-hetero) is 1. The van der Waals surface area contributed by atoms with Crippen LogP contribution in [0.1, 0.15) is 50.4 Å². The van der Waals surface area contributed by atoms with Gasteiger partial charge in [0.05, 0.1) is 5.56 Å². The maximum absolute atomic E-state index is 12.6. The lowest BCUT2D eigenvalue weighted by Gasteiger charge is -2.29. The Morgan fingerprint density at radius 1 is 1.27 bits per heavy atom. The van der Waals surface area contributed by atoms with E-state index in [2.05, 4.69) is 20.5 Å². The fourth-order valence-electron chi connectivity index (χ4n) is 2.79. The molecule has 0 saturated carbocycles. The Hall–Kier alpha value is -2.15. The molecule has 7 heteroatoms. The van der Waals surface area contributed by atoms with Gasteiger partial charge in [0, 0.05) is 45.3 Å². The number of ketones is 1. The Bertz CT molecular complexity index is 607. The first kappa shape index (κ1) is 20.2. The fraction of sp³-hybridized carbons (Fsp3) is 0.632. The lowest BCUT2D eigenvalue weighted by Crippen LogP contribution is -2.44. The van der Waals surface area contributed by atoms with Crippen molar-refractivity contribution in [1.82, 2.24) is 15.6 Å². The van der Waals surface area contributed by atoms with Gasteiger partial charge in [0.25, 0.3) is 0 Å². The molecule has 1 saturated heterocycles. The number of carbonyl (C=O) groups excluding carboxylic acids is 2. The molecule has 2 heterocycles. The van der Waals surface area contributed by atoms with E-state index in [9.17, 15) is 9.59 Å². The van der Waals surface area contributed by atoms with Crippen molar-refractivity contribution >= 4 is 17.7 Å². The topological polar surface area (TPSA) is 83.6 Å². The van der Waals surface area contributed by atoms with E-state index < -0.39 is 11.7 Å². The maximum Gasteiger partial charge on any atom is 0.407 e. The number of rotatable bonds is 7. The Labute approximate surface area is 155 Å². The van der Waals surface area contributed by atoms with E-state index in [4.69, 9.17) is 4.74 Å². The average molecular weight is 362 g/mol. The van der Waals surface area contributed by atoms with E-state index in [0.717, 1.165) is 38.4 Å². The Kier molecular flexibility index (Phi) is 7.38. The van der Waals surface area contributed by atoms with Gasteiger partial charge in [-0.2, -0.15) is 0 Å². The van der Waals surface area contributed by atoms with Crippen molar-refractivity contribution in [3.05, 3.63) is 23.9 Å². The van der Waals surface area contributed by atoms with Crippen LogP contribution in [0.25, 0.3) is 0 Å². The molecule has 1 fully saturated rings. The van der Waals surface area contributed by atoms with Gasteiger partial charge in [0.2, 0.25) is 0 Å². The predicted molar refractivity (Wildman–Crippen MR) is 102 cm³/mol. The second-order valence-corrected chi connectivity index (χ2v) is 7.42. The van der Waals surface area contributed by atoms with Gasteiger partial charge in [-0.1, -0.05) is 0 Å². The highest BCUT2D eigenvalue weighted by molar-refractivity contribution is 6.00. The van der Waals surface area contributed by atoms with Gasteiger partial charge in [-0.25, -0.2) is 9.78 Å². The van der Waals surface area contributed by atoms with Crippen LogP contribution >= 0.6 is 0 Å². The first-order chi connectivity index (χ1) is 12.4. The zero-order chi connectivity index (χ0) is 19.0. The van der Waals surface area contributed by atoms with Crippen molar-refractivity contribution in [3.8, 4) is 0 Å². The minimum Gasteiger partial charge on any atom is -0.444 e. The highest BCUT2D eigenvalue weighted by atomic mass is 16.6. The SMILES string of the molecule is CC(C)(C)OC(=O)NCCCCC(=O)c1cccnc1N1CCNCC1. The van der Waals surface area contributed by atoms with E-state index in [-0.39, 0.29) is 5.78 Å². The summed E-state index contributed by atoms with van der Waals surface area (Å²) in [5.74, 6) is 0.884. The molecule has 26 heavy (non-hydrogen) atoms. The monoisotopic (exact) mass is 362 g/mol. The summed E-state index contributed by atoms with van der Waals surface area (Å²) in [4.78, 5) is 30.8. The Morgan fingerprint density at radius 3 is 2.69 bits per heavy atom. The average Bonchev–Trinajstić information content (AvgIpc) is 2.60. The summed E-state index contributed by atoms with van der Waals surface area (Å²) in [6.45, 7) is 9.51. The van der Waals surface area contributed by atoms with Gasteiger partial charge < -0.3 is 20.3 Å². The smallest absolute Gasteiger partial charge is 0.407 e. The van der Waals surface area contributed by atoms with Crippen LogP contribution in [0, 0.1) is 0 Å². The molecular formula is C19H30N4O3. The van der Waals surface area contributed by atoms with Gasteiger partial charge in [0.15, 0.2) is 5.78 Å². The second kappa shape index (κ2) is 9.52. The molecule has 1 aromatic rings. The van der Waals surface area contributed by atoms with Crippen LogP contribution in [0.4, 0.5) is 10.6 Å². The molecule has 0 bridgehead atoms. The molecule has 7 nitrogen and oxygen atoms in total.